The maximum absolute atomic E-state index is 11.9. The van der Waals surface area contributed by atoms with Crippen LogP contribution in [0.5, 0.6) is 23.0 Å². The molecule has 5 rings (SSSR count). The predicted octanol–water partition coefficient (Wildman–Crippen LogP) is 1.30. The number of carbonyl (C=O) groups is 4. The highest BCUT2D eigenvalue weighted by atomic mass is 16.3. The van der Waals surface area contributed by atoms with Crippen LogP contribution in [0.2, 0.25) is 0 Å². The quantitative estimate of drug-likeness (QED) is 0.121. The smallest absolute Gasteiger partial charge is 0.221 e. The van der Waals surface area contributed by atoms with Gasteiger partial charge in [0.1, 0.15) is 23.0 Å². The summed E-state index contributed by atoms with van der Waals surface area (Å²) in [5, 5.41) is 46.1. The molecule has 0 aliphatic heterocycles. The number of fused-ring (bicyclic) bond motifs is 8. The summed E-state index contributed by atoms with van der Waals surface area (Å²) in [5.41, 5.74) is 26.6. The van der Waals surface area contributed by atoms with Crippen molar-refractivity contribution in [2.24, 2.45) is 22.9 Å². The summed E-state index contributed by atoms with van der Waals surface area (Å²) in [4.78, 5) is 47.8. The van der Waals surface area contributed by atoms with Crippen molar-refractivity contribution in [1.29, 1.82) is 0 Å². The molecule has 4 aromatic carbocycles. The molecule has 1 aliphatic carbocycles. The molecule has 8 bridgehead atoms. The molecule has 0 radical (unpaired) electrons. The third kappa shape index (κ3) is 7.49. The number of phenolic OH excluding ortho intramolecular Hbond substituents is 4. The van der Waals surface area contributed by atoms with Gasteiger partial charge in [-0.1, -0.05) is 48.5 Å². The van der Waals surface area contributed by atoms with Gasteiger partial charge in [0.05, 0.1) is 25.7 Å². The Balaban J connectivity index is 1.82. The van der Waals surface area contributed by atoms with Gasteiger partial charge in [0.25, 0.3) is 0 Å². The average Bonchev–Trinajstić information content (AvgIpc) is 2.96. The van der Waals surface area contributed by atoms with Crippen molar-refractivity contribution in [1.82, 2.24) is 0 Å². The van der Waals surface area contributed by atoms with Gasteiger partial charge in [-0.05, 0) is 66.8 Å². The molecular formula is C36H36N4O8. The zero-order chi connectivity index (χ0) is 34.9. The fraction of sp³-hybridized carbons (Fsp3) is 0.222. The van der Waals surface area contributed by atoms with Crippen LogP contribution in [0, 0.1) is 0 Å². The van der Waals surface area contributed by atoms with Crippen molar-refractivity contribution < 1.29 is 39.6 Å². The van der Waals surface area contributed by atoms with Crippen molar-refractivity contribution in [3.05, 3.63) is 115 Å². The van der Waals surface area contributed by atoms with E-state index in [1.807, 2.05) is 0 Å². The lowest BCUT2D eigenvalue weighted by Crippen LogP contribution is -2.15. The molecule has 4 aromatic rings. The Kier molecular flexibility index (Phi) is 9.28. The third-order valence-electron chi connectivity index (χ3n) is 8.35. The monoisotopic (exact) mass is 652 g/mol. The summed E-state index contributed by atoms with van der Waals surface area (Å²) >= 11 is 0. The van der Waals surface area contributed by atoms with E-state index >= 15 is 0 Å². The summed E-state index contributed by atoms with van der Waals surface area (Å²) in [7, 11) is 0. The van der Waals surface area contributed by atoms with E-state index in [9.17, 15) is 39.6 Å². The maximum Gasteiger partial charge on any atom is 0.221 e. The zero-order valence-corrected chi connectivity index (χ0v) is 26.0. The van der Waals surface area contributed by atoms with Gasteiger partial charge in [0.15, 0.2) is 0 Å². The normalized spacial score (nSPS) is 12.3. The minimum atomic E-state index is -0.612. The van der Waals surface area contributed by atoms with E-state index in [0.717, 1.165) is 0 Å². The number of benzene rings is 4. The van der Waals surface area contributed by atoms with Crippen molar-refractivity contribution >= 4 is 23.6 Å². The Bertz CT molecular complexity index is 1620. The maximum atomic E-state index is 11.9. The molecule has 1 aliphatic rings. The minimum absolute atomic E-state index is 0.0469. The Morgan fingerprint density at radius 3 is 0.646 bits per heavy atom. The van der Waals surface area contributed by atoms with Crippen LogP contribution < -0.4 is 22.9 Å². The number of nitrogens with two attached hydrogens (primary N) is 4. The lowest BCUT2D eigenvalue weighted by atomic mass is 9.87. The van der Waals surface area contributed by atoms with Crippen LogP contribution in [0.1, 0.15) is 66.8 Å². The Morgan fingerprint density at radius 1 is 0.375 bits per heavy atom. The SMILES string of the molecule is NC(=O)Cc1cc2c(O)c(c1)Cc1cc(CC(N)=O)cc(c1O)Cc1cc(CC(N)=O)cc(c1O)Cc1cc(CC(N)=O)cc(c1O)C2. The molecule has 0 saturated carbocycles. The van der Waals surface area contributed by atoms with Crippen LogP contribution in [0.4, 0.5) is 0 Å². The number of primary amides is 4. The molecule has 0 aromatic heterocycles. The molecule has 0 unspecified atom stereocenters. The number of phenols is 4. The number of amides is 4. The topological polar surface area (TPSA) is 253 Å². The number of aromatic hydroxyl groups is 4. The number of rotatable bonds is 8. The molecule has 0 spiro atoms. The molecule has 12 nitrogen and oxygen atoms in total. The van der Waals surface area contributed by atoms with Crippen LogP contribution in [-0.4, -0.2) is 44.1 Å². The van der Waals surface area contributed by atoms with Crippen molar-refractivity contribution in [2.75, 3.05) is 0 Å². The van der Waals surface area contributed by atoms with Gasteiger partial charge in [-0.25, -0.2) is 0 Å². The summed E-state index contributed by atoms with van der Waals surface area (Å²) in [6.45, 7) is 0. The lowest BCUT2D eigenvalue weighted by Gasteiger charge is -2.20. The predicted molar refractivity (Wildman–Crippen MR) is 175 cm³/mol. The van der Waals surface area contributed by atoms with Gasteiger partial charge >= 0.3 is 0 Å². The first kappa shape index (κ1) is 33.3. The molecule has 0 fully saturated rings. The number of hydrogen-bond donors (Lipinski definition) is 8. The van der Waals surface area contributed by atoms with E-state index in [-0.39, 0.29) is 74.4 Å². The molecular weight excluding hydrogens is 616 g/mol. The van der Waals surface area contributed by atoms with Crippen LogP contribution in [0.15, 0.2) is 48.5 Å². The summed E-state index contributed by atoms with van der Waals surface area (Å²) in [6.07, 6.45) is -0.800. The second-order valence-electron chi connectivity index (χ2n) is 12.3. The van der Waals surface area contributed by atoms with E-state index < -0.39 is 23.6 Å². The second kappa shape index (κ2) is 13.4. The summed E-state index contributed by atoms with van der Waals surface area (Å²) in [6, 6.07) is 12.7. The van der Waals surface area contributed by atoms with Crippen LogP contribution in [0.25, 0.3) is 0 Å². The molecule has 0 atom stereocenters. The van der Waals surface area contributed by atoms with E-state index in [2.05, 4.69) is 0 Å². The van der Waals surface area contributed by atoms with Gasteiger partial charge in [0.2, 0.25) is 23.6 Å². The summed E-state index contributed by atoms with van der Waals surface area (Å²) in [5.74, 6) is -3.07. The van der Waals surface area contributed by atoms with Gasteiger partial charge in [-0.15, -0.1) is 0 Å². The largest absolute Gasteiger partial charge is 0.507 e. The fourth-order valence-electron chi connectivity index (χ4n) is 6.44. The molecule has 12 heteroatoms. The molecule has 4 amide bonds. The average molecular weight is 653 g/mol. The minimum Gasteiger partial charge on any atom is -0.507 e. The molecule has 248 valence electrons. The Hall–Kier alpha value is -6.04. The van der Waals surface area contributed by atoms with Crippen molar-refractivity contribution in [3.8, 4) is 23.0 Å². The highest BCUT2D eigenvalue weighted by molar-refractivity contribution is 5.79. The first-order chi connectivity index (χ1) is 22.7. The van der Waals surface area contributed by atoms with E-state index in [1.54, 1.807) is 48.5 Å². The van der Waals surface area contributed by atoms with Crippen LogP contribution in [-0.2, 0) is 70.5 Å². The molecule has 12 N–H and O–H groups in total. The van der Waals surface area contributed by atoms with Crippen molar-refractivity contribution in [2.45, 2.75) is 51.4 Å². The van der Waals surface area contributed by atoms with Crippen molar-refractivity contribution in [3.63, 3.8) is 0 Å². The van der Waals surface area contributed by atoms with E-state index in [4.69, 9.17) is 22.9 Å². The fourth-order valence-corrected chi connectivity index (χ4v) is 6.44. The van der Waals surface area contributed by atoms with Gasteiger partial charge in [-0.3, -0.25) is 19.2 Å². The second-order valence-corrected chi connectivity index (χ2v) is 12.3. The highest BCUT2D eigenvalue weighted by Gasteiger charge is 2.22. The van der Waals surface area contributed by atoms with Gasteiger partial charge in [-0.2, -0.15) is 0 Å². The summed E-state index contributed by atoms with van der Waals surface area (Å²) < 4.78 is 0. The first-order valence-corrected chi connectivity index (χ1v) is 15.1. The Labute approximate surface area is 275 Å². The highest BCUT2D eigenvalue weighted by Crippen LogP contribution is 2.39. The number of hydrogen-bond acceptors (Lipinski definition) is 8. The first-order valence-electron chi connectivity index (χ1n) is 15.1. The van der Waals surface area contributed by atoms with Gasteiger partial charge < -0.3 is 43.4 Å². The van der Waals surface area contributed by atoms with E-state index in [1.165, 1.54) is 0 Å². The third-order valence-corrected chi connectivity index (χ3v) is 8.35. The van der Waals surface area contributed by atoms with Crippen LogP contribution >= 0.6 is 0 Å². The molecule has 0 saturated heterocycles. The molecule has 48 heavy (non-hydrogen) atoms. The molecule has 0 heterocycles. The standard InChI is InChI=1S/C36H36N4O8/c37-29(41)9-17-1-21-13-23-3-18(10-30(38)42)4-25(34(23)46)15-26-7-20(12-32(40)44)8-28(36(26)48)16-27-6-19(11-31(39)43)5-24(35(27)47)14-22(2-17)33(21)45/h1-8,45-48H,9-16H2,(H2,37,41)(H2,38,42)(H2,39,43)(H2,40,44). The zero-order valence-electron chi connectivity index (χ0n) is 26.0. The van der Waals surface area contributed by atoms with Crippen LogP contribution in [0.3, 0.4) is 0 Å². The Morgan fingerprint density at radius 2 is 0.521 bits per heavy atom. The number of carbonyl (C=O) groups excluding carboxylic acids is 4. The van der Waals surface area contributed by atoms with Gasteiger partial charge in [0, 0.05) is 25.7 Å². The van der Waals surface area contributed by atoms with E-state index in [0.29, 0.717) is 66.8 Å². The lowest BCUT2D eigenvalue weighted by molar-refractivity contribution is -0.118.